The molecule has 26 heavy (non-hydrogen) atoms. The van der Waals surface area contributed by atoms with E-state index in [1.807, 2.05) is 0 Å². The number of rotatable bonds is 7. The van der Waals surface area contributed by atoms with E-state index in [1.54, 1.807) is 12.1 Å². The van der Waals surface area contributed by atoms with Gasteiger partial charge in [0.15, 0.2) is 18.1 Å². The summed E-state index contributed by atoms with van der Waals surface area (Å²) in [6.45, 7) is -0.569. The quantitative estimate of drug-likeness (QED) is 0.502. The third-order valence-electron chi connectivity index (χ3n) is 3.12. The number of benzene rings is 2. The number of aromatic hydroxyl groups is 1. The summed E-state index contributed by atoms with van der Waals surface area (Å²) >= 11 is 6.07. The van der Waals surface area contributed by atoms with E-state index >= 15 is 0 Å². The lowest BCUT2D eigenvalue weighted by molar-refractivity contribution is -0.139. The van der Waals surface area contributed by atoms with E-state index in [1.165, 1.54) is 37.6 Å². The fraction of sp³-hybridized carbons (Fsp3) is 0.118. The van der Waals surface area contributed by atoms with Crippen molar-refractivity contribution in [2.75, 3.05) is 13.7 Å². The zero-order chi connectivity index (χ0) is 19.1. The van der Waals surface area contributed by atoms with Crippen LogP contribution in [-0.2, 0) is 4.79 Å². The standard InChI is InChI=1S/C17H15ClN2O6/c1-25-14-7-10(6-12(18)16(14)26-9-15(22)23)8-19-20-17(24)11-4-2-3-5-13(11)21/h2-8,21H,9H2,1H3,(H,20,24)(H,22,23)/b19-8+. The summed E-state index contributed by atoms with van der Waals surface area (Å²) in [6, 6.07) is 9.03. The Kier molecular flexibility index (Phi) is 6.40. The second-order valence-corrected chi connectivity index (χ2v) is 5.34. The number of methoxy groups -OCH3 is 1. The van der Waals surface area contributed by atoms with Crippen molar-refractivity contribution in [1.29, 1.82) is 0 Å². The maximum atomic E-state index is 11.9. The number of carbonyl (C=O) groups is 2. The molecule has 8 nitrogen and oxygen atoms in total. The molecule has 0 saturated heterocycles. The first-order valence-electron chi connectivity index (χ1n) is 7.26. The van der Waals surface area contributed by atoms with E-state index in [0.29, 0.717) is 5.56 Å². The Balaban J connectivity index is 2.13. The van der Waals surface area contributed by atoms with Gasteiger partial charge in [-0.15, -0.1) is 0 Å². The second kappa shape index (κ2) is 8.72. The highest BCUT2D eigenvalue weighted by molar-refractivity contribution is 6.32. The molecule has 0 heterocycles. The average Bonchev–Trinajstić information content (AvgIpc) is 2.60. The Hall–Kier alpha value is -3.26. The van der Waals surface area contributed by atoms with E-state index in [0.717, 1.165) is 0 Å². The first kappa shape index (κ1) is 19.1. The van der Waals surface area contributed by atoms with Gasteiger partial charge in [0.2, 0.25) is 0 Å². The van der Waals surface area contributed by atoms with E-state index < -0.39 is 18.5 Å². The second-order valence-electron chi connectivity index (χ2n) is 4.93. The molecule has 136 valence electrons. The third kappa shape index (κ3) is 4.87. The van der Waals surface area contributed by atoms with Crippen LogP contribution in [0.15, 0.2) is 41.5 Å². The minimum atomic E-state index is -1.15. The summed E-state index contributed by atoms with van der Waals surface area (Å²) < 4.78 is 10.2. The SMILES string of the molecule is COc1cc(/C=N/NC(=O)c2ccccc2O)cc(Cl)c1OCC(=O)O. The van der Waals surface area contributed by atoms with Crippen molar-refractivity contribution in [2.24, 2.45) is 5.10 Å². The summed E-state index contributed by atoms with van der Waals surface area (Å²) in [5.74, 6) is -1.59. The molecule has 0 fully saturated rings. The van der Waals surface area contributed by atoms with Crippen molar-refractivity contribution in [3.8, 4) is 17.2 Å². The predicted molar refractivity (Wildman–Crippen MR) is 94.3 cm³/mol. The van der Waals surface area contributed by atoms with Crippen LogP contribution in [0, 0.1) is 0 Å². The molecule has 9 heteroatoms. The van der Waals surface area contributed by atoms with Crippen LogP contribution in [0.25, 0.3) is 0 Å². The molecule has 1 amide bonds. The lowest BCUT2D eigenvalue weighted by Crippen LogP contribution is -2.17. The van der Waals surface area contributed by atoms with Crippen LogP contribution in [0.1, 0.15) is 15.9 Å². The van der Waals surface area contributed by atoms with Gasteiger partial charge in [-0.05, 0) is 29.8 Å². The lowest BCUT2D eigenvalue weighted by atomic mass is 10.2. The Labute approximate surface area is 153 Å². The number of hydrogen-bond donors (Lipinski definition) is 3. The monoisotopic (exact) mass is 378 g/mol. The first-order chi connectivity index (χ1) is 12.4. The molecule has 0 atom stereocenters. The molecule has 0 radical (unpaired) electrons. The van der Waals surface area contributed by atoms with Crippen molar-refractivity contribution < 1.29 is 29.3 Å². The van der Waals surface area contributed by atoms with Gasteiger partial charge < -0.3 is 19.7 Å². The van der Waals surface area contributed by atoms with Crippen molar-refractivity contribution in [3.63, 3.8) is 0 Å². The van der Waals surface area contributed by atoms with Crippen LogP contribution in [0.3, 0.4) is 0 Å². The third-order valence-corrected chi connectivity index (χ3v) is 3.40. The van der Waals surface area contributed by atoms with Crippen LogP contribution in [-0.4, -0.2) is 42.0 Å². The molecule has 0 unspecified atom stereocenters. The van der Waals surface area contributed by atoms with Crippen LogP contribution in [0.4, 0.5) is 0 Å². The molecule has 0 aliphatic rings. The van der Waals surface area contributed by atoms with Crippen LogP contribution in [0.5, 0.6) is 17.2 Å². The van der Waals surface area contributed by atoms with Crippen molar-refractivity contribution in [3.05, 3.63) is 52.5 Å². The van der Waals surface area contributed by atoms with Gasteiger partial charge in [0, 0.05) is 0 Å². The number of para-hydroxylation sites is 1. The number of nitrogens with zero attached hydrogens (tertiary/aromatic N) is 1. The number of nitrogens with one attached hydrogen (secondary N) is 1. The number of carboxylic acid groups (broad SMARTS) is 1. The summed E-state index contributed by atoms with van der Waals surface area (Å²) in [4.78, 5) is 22.5. The number of aliphatic carboxylic acids is 1. The first-order valence-corrected chi connectivity index (χ1v) is 7.63. The fourth-order valence-corrected chi connectivity index (χ4v) is 2.25. The molecule has 2 aromatic carbocycles. The van der Waals surface area contributed by atoms with Crippen LogP contribution in [0.2, 0.25) is 5.02 Å². The zero-order valence-corrected chi connectivity index (χ0v) is 14.4. The number of halogens is 1. The number of hydrazone groups is 1. The molecule has 0 aliphatic heterocycles. The summed E-state index contributed by atoms with van der Waals surface area (Å²) in [5.41, 5.74) is 2.84. The van der Waals surface area contributed by atoms with Gasteiger partial charge >= 0.3 is 5.97 Å². The molecule has 2 aromatic rings. The Morgan fingerprint density at radius 3 is 2.69 bits per heavy atom. The largest absolute Gasteiger partial charge is 0.507 e. The number of phenols is 1. The number of phenolic OH excluding ortho intramolecular Hbond substituents is 1. The van der Waals surface area contributed by atoms with E-state index in [2.05, 4.69) is 10.5 Å². The highest BCUT2D eigenvalue weighted by Crippen LogP contribution is 2.36. The normalized spacial score (nSPS) is 10.5. The van der Waals surface area contributed by atoms with Crippen molar-refractivity contribution in [1.82, 2.24) is 5.43 Å². The smallest absolute Gasteiger partial charge is 0.341 e. The molecular formula is C17H15ClN2O6. The predicted octanol–water partition coefficient (Wildman–Crippen LogP) is 2.28. The zero-order valence-electron chi connectivity index (χ0n) is 13.6. The van der Waals surface area contributed by atoms with Gasteiger partial charge in [-0.25, -0.2) is 10.2 Å². The average molecular weight is 379 g/mol. The van der Waals surface area contributed by atoms with Crippen molar-refractivity contribution >= 4 is 29.7 Å². The van der Waals surface area contributed by atoms with Gasteiger partial charge in [0.1, 0.15) is 5.75 Å². The fourth-order valence-electron chi connectivity index (χ4n) is 1.98. The molecule has 0 aliphatic carbocycles. The Bertz CT molecular complexity index is 853. The van der Waals surface area contributed by atoms with Gasteiger partial charge in [0.05, 0.1) is 23.9 Å². The highest BCUT2D eigenvalue weighted by Gasteiger charge is 2.13. The molecule has 0 bridgehead atoms. The topological polar surface area (TPSA) is 117 Å². The highest BCUT2D eigenvalue weighted by atomic mass is 35.5. The minimum absolute atomic E-state index is 0.0812. The van der Waals surface area contributed by atoms with Gasteiger partial charge in [-0.1, -0.05) is 23.7 Å². The minimum Gasteiger partial charge on any atom is -0.507 e. The summed E-state index contributed by atoms with van der Waals surface area (Å²) in [6.07, 6.45) is 1.31. The number of ether oxygens (including phenoxy) is 2. The Morgan fingerprint density at radius 2 is 2.04 bits per heavy atom. The van der Waals surface area contributed by atoms with Gasteiger partial charge in [0.25, 0.3) is 5.91 Å². The number of carboxylic acids is 1. The van der Waals surface area contributed by atoms with Crippen molar-refractivity contribution in [2.45, 2.75) is 0 Å². The maximum absolute atomic E-state index is 11.9. The molecule has 2 rings (SSSR count). The molecular weight excluding hydrogens is 364 g/mol. The molecule has 0 saturated carbocycles. The van der Waals surface area contributed by atoms with E-state index in [4.69, 9.17) is 26.2 Å². The number of amides is 1. The van der Waals surface area contributed by atoms with E-state index in [9.17, 15) is 14.7 Å². The molecule has 0 aromatic heterocycles. The van der Waals surface area contributed by atoms with Gasteiger partial charge in [-0.2, -0.15) is 5.10 Å². The summed E-state index contributed by atoms with van der Waals surface area (Å²) in [5, 5.41) is 22.2. The van der Waals surface area contributed by atoms with Crippen LogP contribution >= 0.6 is 11.6 Å². The molecule has 0 spiro atoms. The van der Waals surface area contributed by atoms with E-state index in [-0.39, 0.29) is 27.8 Å². The molecule has 3 N–H and O–H groups in total. The number of carbonyl (C=O) groups excluding carboxylic acids is 1. The lowest BCUT2D eigenvalue weighted by Gasteiger charge is -2.11. The maximum Gasteiger partial charge on any atom is 0.341 e. The number of hydrogen-bond acceptors (Lipinski definition) is 6. The Morgan fingerprint density at radius 1 is 1.31 bits per heavy atom. The van der Waals surface area contributed by atoms with Crippen LogP contribution < -0.4 is 14.9 Å². The summed E-state index contributed by atoms with van der Waals surface area (Å²) in [7, 11) is 1.38. The van der Waals surface area contributed by atoms with Gasteiger partial charge in [-0.3, -0.25) is 4.79 Å².